The predicted molar refractivity (Wildman–Crippen MR) is 180 cm³/mol. The Labute approximate surface area is 268 Å². The lowest BCUT2D eigenvalue weighted by Crippen LogP contribution is -2.29. The van der Waals surface area contributed by atoms with E-state index >= 15 is 0 Å². The Morgan fingerprint density at radius 1 is 0.674 bits per heavy atom. The fourth-order valence-corrected chi connectivity index (χ4v) is 5.75. The molecule has 0 fully saturated rings. The first-order valence-electron chi connectivity index (χ1n) is 17.7. The number of carbonyl (C=O) groups excluding carboxylic acids is 2. The maximum Gasteiger partial charge on any atom is 0.407 e. The second-order valence-electron chi connectivity index (χ2n) is 12.4. The Hall–Kier alpha value is -1.89. The summed E-state index contributed by atoms with van der Waals surface area (Å²) < 4.78 is 13.1. The van der Waals surface area contributed by atoms with Crippen molar-refractivity contribution in [2.75, 3.05) is 19.8 Å². The Morgan fingerprint density at radius 3 is 1.72 bits per heavy atom. The van der Waals surface area contributed by atoms with Crippen LogP contribution >= 0.6 is 11.3 Å². The number of thiazole rings is 1. The zero-order chi connectivity index (χ0) is 31.2. The maximum absolute atomic E-state index is 12.2. The number of alkyl carbamates (subject to hydrolysis) is 1. The summed E-state index contributed by atoms with van der Waals surface area (Å²) in [5.74, 6) is -0.180. The molecule has 1 N–H and O–H groups in total. The second-order valence-corrected chi connectivity index (χ2v) is 13.1. The van der Waals surface area contributed by atoms with E-state index in [1.54, 1.807) is 11.3 Å². The summed E-state index contributed by atoms with van der Waals surface area (Å²) in [7, 11) is 0. The average Bonchev–Trinajstić information content (AvgIpc) is 3.51. The zero-order valence-corrected chi connectivity index (χ0v) is 28.9. The number of aromatic nitrogens is 1. The molecule has 1 rings (SSSR count). The van der Waals surface area contributed by atoms with Gasteiger partial charge in [0.25, 0.3) is 0 Å². The van der Waals surface area contributed by atoms with Gasteiger partial charge in [-0.05, 0) is 33.1 Å². The Morgan fingerprint density at radius 2 is 1.19 bits per heavy atom. The third-order valence-corrected chi connectivity index (χ3v) is 8.79. The molecule has 0 aliphatic heterocycles. The minimum Gasteiger partial charge on any atom is -0.461 e. The van der Waals surface area contributed by atoms with Crippen LogP contribution in [0.5, 0.6) is 0 Å². The standard InChI is InChI=1S/C36H64N2O4S/c1-4-5-6-7-8-9-10-11-12-13-14-15-16-17-20-23-26-37-36(40)42-31-34(33(2)3)30-41-35(39)25-22-19-18-21-24-27-38-28-29-43-32-38/h28-29,32H,4-27,30-31H2,1-3H3/p+1. The highest BCUT2D eigenvalue weighted by Crippen LogP contribution is 2.14. The van der Waals surface area contributed by atoms with Gasteiger partial charge in [0.2, 0.25) is 5.51 Å². The fourth-order valence-electron chi connectivity index (χ4n) is 5.12. The molecule has 0 saturated carbocycles. The first kappa shape index (κ1) is 39.1. The molecule has 0 radical (unpaired) electrons. The third kappa shape index (κ3) is 25.2. The van der Waals surface area contributed by atoms with E-state index in [9.17, 15) is 9.59 Å². The number of nitrogens with zero attached hydrogens (tertiary/aromatic N) is 1. The minimum absolute atomic E-state index is 0.155. The normalized spacial score (nSPS) is 11.0. The first-order valence-corrected chi connectivity index (χ1v) is 18.6. The Bertz CT molecular complexity index is 821. The number of amides is 1. The van der Waals surface area contributed by atoms with Crippen LogP contribution in [-0.2, 0) is 20.8 Å². The molecule has 0 bridgehead atoms. The van der Waals surface area contributed by atoms with Crippen molar-refractivity contribution in [2.45, 2.75) is 169 Å². The predicted octanol–water partition coefficient (Wildman–Crippen LogP) is 10.2. The van der Waals surface area contributed by atoms with Crippen LogP contribution in [0.15, 0.2) is 28.2 Å². The molecule has 1 aromatic heterocycles. The molecule has 1 amide bonds. The minimum atomic E-state index is -0.400. The molecular weight excluding hydrogens is 556 g/mol. The lowest BCUT2D eigenvalue weighted by Gasteiger charge is -2.12. The number of allylic oxidation sites excluding steroid dienone is 1. The quantitative estimate of drug-likeness (QED) is 0.0418. The van der Waals surface area contributed by atoms with Crippen LogP contribution in [0.3, 0.4) is 0 Å². The van der Waals surface area contributed by atoms with Crippen LogP contribution in [0.4, 0.5) is 4.79 Å². The van der Waals surface area contributed by atoms with E-state index in [4.69, 9.17) is 9.47 Å². The summed E-state index contributed by atoms with van der Waals surface area (Å²) in [6, 6.07) is 0. The van der Waals surface area contributed by atoms with E-state index in [0.717, 1.165) is 49.8 Å². The average molecular weight is 622 g/mol. The number of hydrogen-bond acceptors (Lipinski definition) is 5. The lowest BCUT2D eigenvalue weighted by atomic mass is 10.0. The van der Waals surface area contributed by atoms with E-state index in [0.29, 0.717) is 13.0 Å². The molecule has 0 aliphatic rings. The molecule has 0 saturated heterocycles. The highest BCUT2D eigenvalue weighted by molar-refractivity contribution is 7.07. The molecule has 1 heterocycles. The van der Waals surface area contributed by atoms with Crippen LogP contribution in [0, 0.1) is 0 Å². The van der Waals surface area contributed by atoms with Crippen molar-refractivity contribution < 1.29 is 23.6 Å². The van der Waals surface area contributed by atoms with Gasteiger partial charge in [-0.15, -0.1) is 0 Å². The van der Waals surface area contributed by atoms with Gasteiger partial charge in [-0.3, -0.25) is 4.79 Å². The van der Waals surface area contributed by atoms with Gasteiger partial charge in [0.15, 0.2) is 6.20 Å². The molecule has 0 spiro atoms. The van der Waals surface area contributed by atoms with Crippen molar-refractivity contribution in [3.63, 3.8) is 0 Å². The fraction of sp³-hybridized carbons (Fsp3) is 0.806. The summed E-state index contributed by atoms with van der Waals surface area (Å²) in [6.45, 7) is 8.24. The first-order chi connectivity index (χ1) is 21.0. The topological polar surface area (TPSA) is 68.5 Å². The number of carbonyl (C=O) groups is 2. The van der Waals surface area contributed by atoms with Crippen molar-refractivity contribution in [2.24, 2.45) is 0 Å². The van der Waals surface area contributed by atoms with E-state index < -0.39 is 6.09 Å². The van der Waals surface area contributed by atoms with Gasteiger partial charge in [-0.25, -0.2) is 4.79 Å². The van der Waals surface area contributed by atoms with E-state index in [-0.39, 0.29) is 19.2 Å². The molecular formula is C36H65N2O4S+. The Balaban J connectivity index is 1.92. The number of aryl methyl sites for hydroxylation is 1. The summed E-state index contributed by atoms with van der Waals surface area (Å²) in [5.41, 5.74) is 4.00. The SMILES string of the molecule is CCCCCCCCCCCCCCCCCCNC(=O)OCC(COC(=O)CCCCCCC[n+]1ccsc1)=C(C)C. The van der Waals surface area contributed by atoms with Crippen LogP contribution < -0.4 is 9.88 Å². The lowest BCUT2D eigenvalue weighted by molar-refractivity contribution is -0.692. The monoisotopic (exact) mass is 621 g/mol. The Kier molecular flexibility index (Phi) is 26.3. The summed E-state index contributed by atoms with van der Waals surface area (Å²) in [6.07, 6.45) is 28.9. The van der Waals surface area contributed by atoms with Crippen LogP contribution in [-0.4, -0.2) is 31.8 Å². The van der Waals surface area contributed by atoms with Gasteiger partial charge < -0.3 is 14.8 Å². The van der Waals surface area contributed by atoms with Crippen LogP contribution in [0.25, 0.3) is 0 Å². The van der Waals surface area contributed by atoms with Crippen molar-refractivity contribution in [1.82, 2.24) is 5.32 Å². The maximum atomic E-state index is 12.2. The third-order valence-electron chi connectivity index (χ3n) is 8.12. The summed E-state index contributed by atoms with van der Waals surface area (Å²) in [5, 5.41) is 4.95. The molecule has 0 aliphatic carbocycles. The molecule has 0 atom stereocenters. The largest absolute Gasteiger partial charge is 0.461 e. The molecule has 0 aromatic carbocycles. The second kappa shape index (κ2) is 28.9. The van der Waals surface area contributed by atoms with Gasteiger partial charge in [-0.1, -0.05) is 133 Å². The van der Waals surface area contributed by atoms with E-state index in [1.165, 1.54) is 103 Å². The van der Waals surface area contributed by atoms with Crippen LogP contribution in [0.1, 0.15) is 162 Å². The molecule has 1 aromatic rings. The summed E-state index contributed by atoms with van der Waals surface area (Å²) >= 11 is 1.72. The molecule has 248 valence electrons. The number of hydrogen-bond donors (Lipinski definition) is 1. The van der Waals surface area contributed by atoms with E-state index in [1.807, 2.05) is 13.8 Å². The number of ether oxygens (including phenoxy) is 2. The molecule has 43 heavy (non-hydrogen) atoms. The van der Waals surface area contributed by atoms with Crippen molar-refractivity contribution in [3.8, 4) is 0 Å². The molecule has 7 heteroatoms. The highest BCUT2D eigenvalue weighted by Gasteiger charge is 2.10. The van der Waals surface area contributed by atoms with Gasteiger partial charge in [0.1, 0.15) is 19.8 Å². The highest BCUT2D eigenvalue weighted by atomic mass is 32.1. The van der Waals surface area contributed by atoms with Crippen molar-refractivity contribution in [1.29, 1.82) is 0 Å². The van der Waals surface area contributed by atoms with Gasteiger partial charge in [0.05, 0.1) is 5.38 Å². The number of unbranched alkanes of at least 4 members (excludes halogenated alkanes) is 19. The number of nitrogens with one attached hydrogen (secondary N) is 1. The zero-order valence-electron chi connectivity index (χ0n) is 28.1. The van der Waals surface area contributed by atoms with Gasteiger partial charge in [0, 0.05) is 25.0 Å². The molecule has 6 nitrogen and oxygen atoms in total. The van der Waals surface area contributed by atoms with Gasteiger partial charge in [-0.2, -0.15) is 4.57 Å². The summed E-state index contributed by atoms with van der Waals surface area (Å²) in [4.78, 5) is 24.3. The van der Waals surface area contributed by atoms with Gasteiger partial charge >= 0.3 is 12.1 Å². The smallest absolute Gasteiger partial charge is 0.407 e. The van der Waals surface area contributed by atoms with Crippen LogP contribution in [0.2, 0.25) is 0 Å². The van der Waals surface area contributed by atoms with E-state index in [2.05, 4.69) is 33.9 Å². The molecule has 0 unspecified atom stereocenters. The van der Waals surface area contributed by atoms with Crippen molar-refractivity contribution in [3.05, 3.63) is 28.2 Å². The number of esters is 1. The van der Waals surface area contributed by atoms with Crippen molar-refractivity contribution >= 4 is 23.4 Å². The number of rotatable bonds is 29.